The number of hydrogen-bond donors (Lipinski definition) is 2. The van der Waals surface area contributed by atoms with Gasteiger partial charge in [0.05, 0.1) is 28.3 Å². The normalized spacial score (nSPS) is 9.58. The van der Waals surface area contributed by atoms with E-state index in [9.17, 15) is 4.79 Å². The molecule has 0 spiro atoms. The average molecular weight is 366 g/mol. The molecule has 0 radical (unpaired) electrons. The van der Waals surface area contributed by atoms with E-state index in [-0.39, 0.29) is 11.6 Å². The summed E-state index contributed by atoms with van der Waals surface area (Å²) in [5, 5.41) is 19.7. The lowest BCUT2D eigenvalue weighted by Gasteiger charge is -2.00. The predicted molar refractivity (Wildman–Crippen MR) is 99.5 cm³/mol. The standard InChI is InChI=1S/C14H12N6OS.2CHN/c1-8-5-17-11(7-16-8)13(21)20-14-19-10-4-9(6-18-15)2-3-12(10)22-14;2*1-2/h2-7H,15H2,1H3,(H,19,20,21);2*1H. The van der Waals surface area contributed by atoms with Crippen molar-refractivity contribution in [3.05, 3.63) is 47.5 Å². The van der Waals surface area contributed by atoms with E-state index in [0.717, 1.165) is 21.5 Å². The van der Waals surface area contributed by atoms with Gasteiger partial charge >= 0.3 is 0 Å². The van der Waals surface area contributed by atoms with Gasteiger partial charge in [-0.3, -0.25) is 15.1 Å². The van der Waals surface area contributed by atoms with Crippen LogP contribution in [0.25, 0.3) is 10.2 Å². The third kappa shape index (κ3) is 5.06. The number of thiazole rings is 1. The number of amides is 1. The Balaban J connectivity index is 0.000000791. The van der Waals surface area contributed by atoms with E-state index in [1.165, 1.54) is 17.5 Å². The molecule has 2 heterocycles. The first-order chi connectivity index (χ1) is 12.7. The molecule has 1 aromatic carbocycles. The molecule has 130 valence electrons. The van der Waals surface area contributed by atoms with Crippen LogP contribution >= 0.6 is 11.3 Å². The highest BCUT2D eigenvalue weighted by atomic mass is 32.1. The fourth-order valence-electron chi connectivity index (χ4n) is 1.84. The monoisotopic (exact) mass is 366 g/mol. The van der Waals surface area contributed by atoms with Gasteiger partial charge in [-0.2, -0.15) is 5.10 Å². The van der Waals surface area contributed by atoms with Gasteiger partial charge in [0.2, 0.25) is 0 Å². The van der Waals surface area contributed by atoms with Gasteiger partial charge in [0.15, 0.2) is 5.13 Å². The zero-order valence-corrected chi connectivity index (χ0v) is 14.5. The molecule has 3 rings (SSSR count). The van der Waals surface area contributed by atoms with Crippen LogP contribution in [0.15, 0.2) is 35.7 Å². The summed E-state index contributed by atoms with van der Waals surface area (Å²) in [6.45, 7) is 8.81. The van der Waals surface area contributed by atoms with Crippen LogP contribution in [0.4, 0.5) is 5.13 Å². The highest BCUT2D eigenvalue weighted by Gasteiger charge is 2.11. The third-order valence-corrected chi connectivity index (χ3v) is 3.82. The Morgan fingerprint density at radius 1 is 1.27 bits per heavy atom. The number of carbonyl (C=O) groups excluding carboxylic acids is 1. The smallest absolute Gasteiger partial charge is 0.277 e. The Labute approximate surface area is 153 Å². The number of nitrogens with zero attached hydrogens (tertiary/aromatic N) is 6. The van der Waals surface area contributed by atoms with Gasteiger partial charge in [0.25, 0.3) is 5.91 Å². The molecule has 0 bridgehead atoms. The van der Waals surface area contributed by atoms with E-state index in [4.69, 9.17) is 16.4 Å². The van der Waals surface area contributed by atoms with Crippen LogP contribution in [0.5, 0.6) is 0 Å². The number of aryl methyl sites for hydroxylation is 1. The lowest BCUT2D eigenvalue weighted by molar-refractivity contribution is 0.102. The number of anilines is 1. The van der Waals surface area contributed by atoms with Crippen LogP contribution in [0.2, 0.25) is 0 Å². The van der Waals surface area contributed by atoms with Crippen molar-refractivity contribution in [1.29, 1.82) is 10.5 Å². The van der Waals surface area contributed by atoms with E-state index >= 15 is 0 Å². The van der Waals surface area contributed by atoms with Crippen molar-refractivity contribution in [2.45, 2.75) is 6.92 Å². The minimum absolute atomic E-state index is 0.251. The van der Waals surface area contributed by atoms with Crippen molar-refractivity contribution in [3.63, 3.8) is 0 Å². The first kappa shape index (κ1) is 20.2. The van der Waals surface area contributed by atoms with Crippen LogP contribution in [-0.4, -0.2) is 27.1 Å². The Bertz CT molecular complexity index is 937. The molecule has 10 heteroatoms. The summed E-state index contributed by atoms with van der Waals surface area (Å²) in [5.41, 5.74) is 2.63. The quantitative estimate of drug-likeness (QED) is 0.409. The van der Waals surface area contributed by atoms with E-state index < -0.39 is 0 Å². The first-order valence-corrected chi connectivity index (χ1v) is 7.73. The fraction of sp³-hybridized carbons (Fsp3) is 0.0625. The molecule has 0 aliphatic rings. The van der Waals surface area contributed by atoms with Gasteiger partial charge in [0, 0.05) is 19.3 Å². The van der Waals surface area contributed by atoms with E-state index in [1.807, 2.05) is 25.1 Å². The minimum Gasteiger partial charge on any atom is -0.323 e. The summed E-state index contributed by atoms with van der Waals surface area (Å²) in [7, 11) is 0. The van der Waals surface area contributed by atoms with Crippen molar-refractivity contribution < 1.29 is 4.79 Å². The summed E-state index contributed by atoms with van der Waals surface area (Å²) >= 11 is 1.38. The number of fused-ring (bicyclic) bond motifs is 1. The molecule has 0 atom stereocenters. The van der Waals surface area contributed by atoms with Crippen molar-refractivity contribution in [2.24, 2.45) is 10.9 Å². The zero-order chi connectivity index (χ0) is 19.5. The number of nitriles is 2. The lowest BCUT2D eigenvalue weighted by Crippen LogP contribution is -2.13. The molecule has 2 aromatic heterocycles. The maximum Gasteiger partial charge on any atom is 0.277 e. The summed E-state index contributed by atoms with van der Waals surface area (Å²) in [4.78, 5) is 24.5. The first-order valence-electron chi connectivity index (χ1n) is 6.91. The number of rotatable bonds is 3. The number of benzene rings is 1. The molecule has 0 aliphatic carbocycles. The average Bonchev–Trinajstić information content (AvgIpc) is 3.07. The van der Waals surface area contributed by atoms with E-state index in [2.05, 4.69) is 38.5 Å². The number of hydrogen-bond acceptors (Lipinski definition) is 9. The van der Waals surface area contributed by atoms with Gasteiger partial charge < -0.3 is 5.84 Å². The second-order valence-electron chi connectivity index (χ2n) is 4.52. The number of carbonyl (C=O) groups is 1. The summed E-state index contributed by atoms with van der Waals surface area (Å²) in [6, 6.07) is 5.64. The van der Waals surface area contributed by atoms with Crippen LogP contribution in [-0.2, 0) is 0 Å². The van der Waals surface area contributed by atoms with Crippen molar-refractivity contribution in [1.82, 2.24) is 15.0 Å². The SMILES string of the molecule is C#N.C#N.Cc1cnc(C(=O)Nc2nc3cc(C=NN)ccc3s2)cn1. The van der Waals surface area contributed by atoms with Gasteiger partial charge in [-0.05, 0) is 24.6 Å². The fourth-order valence-corrected chi connectivity index (χ4v) is 2.68. The molecular weight excluding hydrogens is 352 g/mol. The summed E-state index contributed by atoms with van der Waals surface area (Å²) < 4.78 is 0.958. The van der Waals surface area contributed by atoms with Crippen molar-refractivity contribution in [2.75, 3.05) is 5.32 Å². The highest BCUT2D eigenvalue weighted by Crippen LogP contribution is 2.26. The van der Waals surface area contributed by atoms with Crippen molar-refractivity contribution >= 4 is 38.8 Å². The van der Waals surface area contributed by atoms with Crippen LogP contribution in [0.1, 0.15) is 21.7 Å². The Morgan fingerprint density at radius 3 is 2.62 bits per heavy atom. The Hall–Kier alpha value is -3.89. The molecule has 0 saturated carbocycles. The largest absolute Gasteiger partial charge is 0.323 e. The Morgan fingerprint density at radius 2 is 2.00 bits per heavy atom. The maximum absolute atomic E-state index is 12.1. The third-order valence-electron chi connectivity index (χ3n) is 2.87. The van der Waals surface area contributed by atoms with Gasteiger partial charge in [0.1, 0.15) is 5.69 Å². The molecule has 0 unspecified atom stereocenters. The zero-order valence-electron chi connectivity index (χ0n) is 13.7. The topological polar surface area (TPSA) is 154 Å². The summed E-state index contributed by atoms with van der Waals surface area (Å²) in [5.74, 6) is 4.79. The van der Waals surface area contributed by atoms with Gasteiger partial charge in [-0.25, -0.2) is 20.5 Å². The number of nitrogens with two attached hydrogens (primary N) is 1. The summed E-state index contributed by atoms with van der Waals surface area (Å²) in [6.07, 6.45) is 4.53. The van der Waals surface area contributed by atoms with Crippen LogP contribution < -0.4 is 11.2 Å². The minimum atomic E-state index is -0.338. The van der Waals surface area contributed by atoms with E-state index in [1.54, 1.807) is 12.4 Å². The van der Waals surface area contributed by atoms with Gasteiger partial charge in [-0.15, -0.1) is 0 Å². The number of nitrogens with one attached hydrogen (secondary N) is 1. The molecule has 1 amide bonds. The van der Waals surface area contributed by atoms with E-state index in [0.29, 0.717) is 5.13 Å². The molecular formula is C16H14N8OS. The Kier molecular flexibility index (Phi) is 7.81. The highest BCUT2D eigenvalue weighted by molar-refractivity contribution is 7.22. The van der Waals surface area contributed by atoms with Crippen molar-refractivity contribution in [3.8, 4) is 13.1 Å². The van der Waals surface area contributed by atoms with Crippen LogP contribution in [0, 0.1) is 30.6 Å². The second kappa shape index (κ2) is 10.1. The van der Waals surface area contributed by atoms with Crippen LogP contribution in [0.3, 0.4) is 0 Å². The number of hydrazone groups is 1. The van der Waals surface area contributed by atoms with Gasteiger partial charge in [-0.1, -0.05) is 17.4 Å². The molecule has 3 aromatic rings. The number of aromatic nitrogens is 3. The maximum atomic E-state index is 12.1. The molecule has 9 nitrogen and oxygen atoms in total. The molecule has 26 heavy (non-hydrogen) atoms. The lowest BCUT2D eigenvalue weighted by atomic mass is 10.2. The molecule has 0 aliphatic heterocycles. The molecule has 3 N–H and O–H groups in total. The second-order valence-corrected chi connectivity index (χ2v) is 5.55. The molecule has 0 saturated heterocycles. The predicted octanol–water partition coefficient (Wildman–Crippen LogP) is 2.22. The molecule has 0 fully saturated rings.